The van der Waals surface area contributed by atoms with Gasteiger partial charge in [-0.2, -0.15) is 0 Å². The largest absolute Gasteiger partial charge is 0.456 e. The number of para-hydroxylation sites is 4. The van der Waals surface area contributed by atoms with Gasteiger partial charge >= 0.3 is 0 Å². The van der Waals surface area contributed by atoms with Gasteiger partial charge in [-0.15, -0.1) is 0 Å². The second-order valence-corrected chi connectivity index (χ2v) is 11.6. The summed E-state index contributed by atoms with van der Waals surface area (Å²) in [6, 6.07) is 22.2. The van der Waals surface area contributed by atoms with E-state index in [0.717, 1.165) is 26.5 Å². The molecule has 234 valence electrons. The predicted molar refractivity (Wildman–Crippen MR) is 203 cm³/mol. The number of furan rings is 1. The van der Waals surface area contributed by atoms with E-state index in [1.165, 1.54) is 0 Å². The fourth-order valence-corrected chi connectivity index (χ4v) is 6.36. The number of nitrogens with zero attached hydrogens (tertiary/aromatic N) is 4. The summed E-state index contributed by atoms with van der Waals surface area (Å²) in [6.07, 6.45) is 0. The highest BCUT2D eigenvalue weighted by atomic mass is 16.3. The molecule has 10 rings (SSSR count). The molecule has 3 heterocycles. The summed E-state index contributed by atoms with van der Waals surface area (Å²) in [7, 11) is 0. The van der Waals surface area contributed by atoms with E-state index in [2.05, 4.69) is 0 Å². The van der Waals surface area contributed by atoms with Gasteiger partial charge in [0.2, 0.25) is 0 Å². The molecule has 0 fully saturated rings. The summed E-state index contributed by atoms with van der Waals surface area (Å²) < 4.78 is 114. The van der Waals surface area contributed by atoms with Crippen LogP contribution < -0.4 is 0 Å². The van der Waals surface area contributed by atoms with Crippen molar-refractivity contribution in [3.63, 3.8) is 0 Å². The van der Waals surface area contributed by atoms with Crippen molar-refractivity contribution in [2.45, 2.75) is 0 Å². The van der Waals surface area contributed by atoms with Crippen molar-refractivity contribution in [2.75, 3.05) is 0 Å². The Balaban J connectivity index is 1.35. The molecule has 0 aliphatic rings. The van der Waals surface area contributed by atoms with E-state index in [1.807, 2.05) is 84.9 Å². The Kier molecular flexibility index (Phi) is 4.24. The number of benzene rings is 7. The van der Waals surface area contributed by atoms with Crippen LogP contribution in [0.1, 0.15) is 16.4 Å². The summed E-state index contributed by atoms with van der Waals surface area (Å²) in [5.41, 5.74) is 2.96. The van der Waals surface area contributed by atoms with Crippen molar-refractivity contribution in [3.8, 4) is 51.0 Å². The Labute approximate surface area is 304 Å². The SMILES string of the molecule is [2H]c1c([2H])c([2H])c(-n2c3c([2H])c([2H])c([2H])c([2H])c3c3c([2H])c([2H])c([2H])c(-c4nc(-c5ccc(-c6ccccc6)cc5)nc(-c5ccc6oc7ccccc7c6c5)n4)c32)c([2H])c1[2H]. The smallest absolute Gasteiger partial charge is 0.166 e. The number of hydrogen-bond acceptors (Lipinski definition) is 4. The van der Waals surface area contributed by atoms with Gasteiger partial charge in [0.1, 0.15) is 11.2 Å². The maximum absolute atomic E-state index is 9.46. The average Bonchev–Trinajstić information content (AvgIpc) is 3.84. The molecule has 0 unspecified atom stereocenters. The Bertz CT molecular complexity index is 3520. The molecule has 0 saturated heterocycles. The van der Waals surface area contributed by atoms with Gasteiger partial charge in [-0.1, -0.05) is 121 Å². The van der Waals surface area contributed by atoms with Crippen molar-refractivity contribution in [3.05, 3.63) is 170 Å². The fraction of sp³-hybridized carbons (Fsp3) is 0. The Morgan fingerprint density at radius 1 is 0.460 bits per heavy atom. The van der Waals surface area contributed by atoms with E-state index < -0.39 is 78.2 Å². The standard InChI is InChI=1S/C45H28N4O/c1-3-12-29(13-4-1)30-22-24-31(25-23-30)43-46-44(32-26-27-41-38(28-32)35-17-8-10-21-40(35)50-41)48-45(47-43)37-19-11-18-36-34-16-7-9-20-39(34)49(42(36)37)33-14-5-2-6-15-33/h1-28H/i2D,5D,6D,7D,9D,11D,14D,15D,16D,18D,19D,20D. The second kappa shape index (κ2) is 11.4. The molecule has 0 amide bonds. The minimum Gasteiger partial charge on any atom is -0.456 e. The summed E-state index contributed by atoms with van der Waals surface area (Å²) in [5.74, 6) is 0.0723. The molecular formula is C45H28N4O. The molecule has 0 bridgehead atoms. The van der Waals surface area contributed by atoms with E-state index in [9.17, 15) is 2.74 Å². The zero-order valence-corrected chi connectivity index (χ0v) is 25.9. The second-order valence-electron chi connectivity index (χ2n) is 11.6. The highest BCUT2D eigenvalue weighted by Gasteiger charge is 2.20. The van der Waals surface area contributed by atoms with Gasteiger partial charge in [0.25, 0.3) is 0 Å². The van der Waals surface area contributed by atoms with Crippen LogP contribution in [0.15, 0.2) is 174 Å². The van der Waals surface area contributed by atoms with Gasteiger partial charge in [-0.3, -0.25) is 0 Å². The van der Waals surface area contributed by atoms with Crippen LogP contribution in [0.4, 0.5) is 0 Å². The van der Waals surface area contributed by atoms with E-state index in [1.54, 1.807) is 12.1 Å². The van der Waals surface area contributed by atoms with Crippen LogP contribution in [0.5, 0.6) is 0 Å². The molecule has 0 radical (unpaired) electrons. The number of rotatable bonds is 5. The molecular weight excluding hydrogens is 613 g/mol. The molecule has 0 spiro atoms. The Morgan fingerprint density at radius 3 is 1.96 bits per heavy atom. The lowest BCUT2D eigenvalue weighted by Gasteiger charge is -2.13. The van der Waals surface area contributed by atoms with E-state index in [-0.39, 0.29) is 44.8 Å². The molecule has 0 N–H and O–H groups in total. The van der Waals surface area contributed by atoms with Gasteiger partial charge in [0.05, 0.1) is 27.5 Å². The predicted octanol–water partition coefficient (Wildman–Crippen LogP) is 11.5. The molecule has 5 heteroatoms. The lowest BCUT2D eigenvalue weighted by Crippen LogP contribution is -2.02. The van der Waals surface area contributed by atoms with Crippen LogP contribution in [0.2, 0.25) is 0 Å². The summed E-state index contributed by atoms with van der Waals surface area (Å²) in [5, 5.41) is 1.14. The maximum Gasteiger partial charge on any atom is 0.166 e. The van der Waals surface area contributed by atoms with Gasteiger partial charge in [-0.25, -0.2) is 15.0 Å². The first-order chi connectivity index (χ1) is 29.8. The van der Waals surface area contributed by atoms with Crippen LogP contribution in [0.3, 0.4) is 0 Å². The zero-order valence-electron chi connectivity index (χ0n) is 37.9. The van der Waals surface area contributed by atoms with Crippen molar-refractivity contribution in [1.82, 2.24) is 19.5 Å². The third kappa shape index (κ3) is 4.60. The van der Waals surface area contributed by atoms with Crippen LogP contribution in [-0.2, 0) is 0 Å². The van der Waals surface area contributed by atoms with Gasteiger partial charge in [-0.05, 0) is 59.6 Å². The van der Waals surface area contributed by atoms with E-state index in [0.29, 0.717) is 22.3 Å². The zero-order chi connectivity index (χ0) is 43.5. The maximum atomic E-state index is 9.46. The molecule has 0 aliphatic carbocycles. The summed E-state index contributed by atoms with van der Waals surface area (Å²) >= 11 is 0. The van der Waals surface area contributed by atoms with Crippen LogP contribution in [-0.4, -0.2) is 19.5 Å². The summed E-state index contributed by atoms with van der Waals surface area (Å²) in [4.78, 5) is 14.7. The number of fused-ring (bicyclic) bond motifs is 6. The fourth-order valence-electron chi connectivity index (χ4n) is 6.36. The third-order valence-corrected chi connectivity index (χ3v) is 8.67. The van der Waals surface area contributed by atoms with Gasteiger partial charge < -0.3 is 8.98 Å². The van der Waals surface area contributed by atoms with Crippen molar-refractivity contribution in [1.29, 1.82) is 0 Å². The highest BCUT2D eigenvalue weighted by Crippen LogP contribution is 2.38. The molecule has 5 nitrogen and oxygen atoms in total. The molecule has 50 heavy (non-hydrogen) atoms. The third-order valence-electron chi connectivity index (χ3n) is 8.67. The van der Waals surface area contributed by atoms with E-state index in [4.69, 9.17) is 33.1 Å². The van der Waals surface area contributed by atoms with Crippen molar-refractivity contribution < 1.29 is 20.9 Å². The monoisotopic (exact) mass is 652 g/mol. The van der Waals surface area contributed by atoms with Crippen LogP contribution in [0, 0.1) is 0 Å². The lowest BCUT2D eigenvalue weighted by molar-refractivity contribution is 0.669. The average molecular weight is 653 g/mol. The molecule has 7 aromatic carbocycles. The molecule has 0 aliphatic heterocycles. The molecule has 10 aromatic rings. The normalized spacial score (nSPS) is 15.0. The van der Waals surface area contributed by atoms with Gasteiger partial charge in [0, 0.05) is 43.9 Å². The minimum absolute atomic E-state index is 0.132. The van der Waals surface area contributed by atoms with Crippen LogP contribution in [0.25, 0.3) is 94.7 Å². The molecule has 0 atom stereocenters. The Morgan fingerprint density at radius 2 is 1.10 bits per heavy atom. The number of aromatic nitrogens is 4. The topological polar surface area (TPSA) is 56.7 Å². The lowest BCUT2D eigenvalue weighted by atomic mass is 10.0. The molecule has 3 aromatic heterocycles. The quantitative estimate of drug-likeness (QED) is 0.186. The first-order valence-electron chi connectivity index (χ1n) is 21.7. The minimum atomic E-state index is -0.724. The van der Waals surface area contributed by atoms with Crippen LogP contribution >= 0.6 is 0 Å². The summed E-state index contributed by atoms with van der Waals surface area (Å²) in [6.45, 7) is 0. The highest BCUT2D eigenvalue weighted by molar-refractivity contribution is 6.13. The van der Waals surface area contributed by atoms with Gasteiger partial charge in [0.15, 0.2) is 17.5 Å². The first kappa shape index (κ1) is 18.6. The first-order valence-corrected chi connectivity index (χ1v) is 15.7. The molecule has 0 saturated carbocycles. The number of hydrogen-bond donors (Lipinski definition) is 0. The Hall–Kier alpha value is -6.85. The van der Waals surface area contributed by atoms with Crippen molar-refractivity contribution in [2.24, 2.45) is 0 Å². The van der Waals surface area contributed by atoms with Crippen molar-refractivity contribution >= 4 is 43.7 Å². The van der Waals surface area contributed by atoms with E-state index >= 15 is 0 Å².